The molecule has 1 aromatic heterocycles. The number of Topliss-reactive ketones (excluding diaryl/α,β-unsaturated/α-hetero) is 1. The molecular weight excluding hydrogens is 314 g/mol. The van der Waals surface area contributed by atoms with E-state index < -0.39 is 0 Å². The van der Waals surface area contributed by atoms with Crippen LogP contribution in [-0.4, -0.2) is 28.5 Å². The Labute approximate surface area is 138 Å². The van der Waals surface area contributed by atoms with Crippen molar-refractivity contribution < 1.29 is 14.3 Å². The van der Waals surface area contributed by atoms with Crippen molar-refractivity contribution in [2.45, 2.75) is 33.1 Å². The lowest BCUT2D eigenvalue weighted by molar-refractivity contribution is -0.118. The van der Waals surface area contributed by atoms with Crippen LogP contribution in [0.5, 0.6) is 5.75 Å². The van der Waals surface area contributed by atoms with Crippen LogP contribution in [0.25, 0.3) is 0 Å². The number of carbonyl (C=O) groups is 2. The van der Waals surface area contributed by atoms with E-state index in [1.807, 2.05) is 20.8 Å². The molecule has 0 spiro atoms. The van der Waals surface area contributed by atoms with E-state index in [4.69, 9.17) is 4.74 Å². The molecule has 1 heterocycles. The maximum atomic E-state index is 11.8. The molecule has 1 aromatic carbocycles. The van der Waals surface area contributed by atoms with E-state index in [2.05, 4.69) is 15.5 Å². The van der Waals surface area contributed by atoms with Crippen LogP contribution in [0.1, 0.15) is 48.5 Å². The van der Waals surface area contributed by atoms with E-state index in [-0.39, 0.29) is 24.2 Å². The van der Waals surface area contributed by atoms with Gasteiger partial charge < -0.3 is 4.74 Å². The fourth-order valence-electron chi connectivity index (χ4n) is 1.76. The Balaban J connectivity index is 1.85. The highest BCUT2D eigenvalue weighted by Gasteiger charge is 2.11. The number of nitrogens with zero attached hydrogens (tertiary/aromatic N) is 2. The SMILES string of the molecule is CCC(=O)c1ccc(OCC(=O)Nc2nnc(C(C)C)s2)cc1. The zero-order chi connectivity index (χ0) is 16.8. The summed E-state index contributed by atoms with van der Waals surface area (Å²) in [6.45, 7) is 5.72. The highest BCUT2D eigenvalue weighted by atomic mass is 32.1. The third-order valence-corrected chi connectivity index (χ3v) is 4.19. The Morgan fingerprint density at radius 1 is 1.22 bits per heavy atom. The maximum Gasteiger partial charge on any atom is 0.264 e. The van der Waals surface area contributed by atoms with E-state index in [0.717, 1.165) is 5.01 Å². The summed E-state index contributed by atoms with van der Waals surface area (Å²) in [7, 11) is 0. The minimum absolute atomic E-state index is 0.0755. The second-order valence-corrected chi connectivity index (χ2v) is 6.25. The van der Waals surface area contributed by atoms with Gasteiger partial charge in [-0.25, -0.2) is 0 Å². The number of amides is 1. The highest BCUT2D eigenvalue weighted by Crippen LogP contribution is 2.22. The van der Waals surface area contributed by atoms with Crippen molar-refractivity contribution in [1.82, 2.24) is 10.2 Å². The zero-order valence-electron chi connectivity index (χ0n) is 13.3. The van der Waals surface area contributed by atoms with E-state index in [1.54, 1.807) is 24.3 Å². The van der Waals surface area contributed by atoms with Crippen molar-refractivity contribution in [1.29, 1.82) is 0 Å². The van der Waals surface area contributed by atoms with Gasteiger partial charge >= 0.3 is 0 Å². The summed E-state index contributed by atoms with van der Waals surface area (Å²) in [5.74, 6) is 0.586. The molecule has 2 rings (SSSR count). The summed E-state index contributed by atoms with van der Waals surface area (Å²) in [6, 6.07) is 6.74. The van der Waals surface area contributed by atoms with Crippen LogP contribution in [0.15, 0.2) is 24.3 Å². The first-order valence-electron chi connectivity index (χ1n) is 7.39. The molecule has 0 aliphatic carbocycles. The fraction of sp³-hybridized carbons (Fsp3) is 0.375. The smallest absolute Gasteiger partial charge is 0.264 e. The number of benzene rings is 1. The number of ether oxygens (including phenoxy) is 1. The van der Waals surface area contributed by atoms with Gasteiger partial charge in [-0.15, -0.1) is 10.2 Å². The molecule has 0 saturated carbocycles. The van der Waals surface area contributed by atoms with Crippen LogP contribution in [-0.2, 0) is 4.79 Å². The molecule has 23 heavy (non-hydrogen) atoms. The van der Waals surface area contributed by atoms with E-state index in [9.17, 15) is 9.59 Å². The molecule has 1 amide bonds. The van der Waals surface area contributed by atoms with Crippen LogP contribution >= 0.6 is 11.3 Å². The molecule has 6 nitrogen and oxygen atoms in total. The first-order valence-corrected chi connectivity index (χ1v) is 8.20. The third-order valence-electron chi connectivity index (χ3n) is 3.05. The predicted octanol–water partition coefficient (Wildman–Crippen LogP) is 3.27. The monoisotopic (exact) mass is 333 g/mol. The van der Waals surface area contributed by atoms with Gasteiger partial charge in [0.25, 0.3) is 5.91 Å². The molecule has 7 heteroatoms. The number of hydrogen-bond donors (Lipinski definition) is 1. The second kappa shape index (κ2) is 7.82. The number of ketones is 1. The number of nitrogens with one attached hydrogen (secondary N) is 1. The maximum absolute atomic E-state index is 11.8. The van der Waals surface area contributed by atoms with Crippen molar-refractivity contribution in [2.75, 3.05) is 11.9 Å². The quantitative estimate of drug-likeness (QED) is 0.787. The summed E-state index contributed by atoms with van der Waals surface area (Å²) < 4.78 is 5.40. The van der Waals surface area contributed by atoms with Crippen molar-refractivity contribution in [2.24, 2.45) is 0 Å². The van der Waals surface area contributed by atoms with Crippen molar-refractivity contribution >= 4 is 28.2 Å². The van der Waals surface area contributed by atoms with Crippen LogP contribution in [0, 0.1) is 0 Å². The summed E-state index contributed by atoms with van der Waals surface area (Å²) >= 11 is 1.35. The molecule has 0 bridgehead atoms. The molecule has 1 N–H and O–H groups in total. The molecule has 0 aliphatic heterocycles. The number of aromatic nitrogens is 2. The molecule has 0 unspecified atom stereocenters. The summed E-state index contributed by atoms with van der Waals surface area (Å²) in [6.07, 6.45) is 0.461. The number of rotatable bonds is 7. The molecular formula is C16H19N3O3S. The number of hydrogen-bond acceptors (Lipinski definition) is 6. The summed E-state index contributed by atoms with van der Waals surface area (Å²) in [4.78, 5) is 23.4. The first kappa shape index (κ1) is 17.1. The minimum atomic E-state index is -0.301. The first-order chi connectivity index (χ1) is 11.0. The van der Waals surface area contributed by atoms with Crippen LogP contribution in [0.4, 0.5) is 5.13 Å². The Kier molecular flexibility index (Phi) is 5.81. The Morgan fingerprint density at radius 2 is 1.91 bits per heavy atom. The van der Waals surface area contributed by atoms with Gasteiger partial charge in [-0.3, -0.25) is 14.9 Å². The lowest BCUT2D eigenvalue weighted by Crippen LogP contribution is -2.20. The highest BCUT2D eigenvalue weighted by molar-refractivity contribution is 7.15. The van der Waals surface area contributed by atoms with Crippen molar-refractivity contribution in [3.8, 4) is 5.75 Å². The van der Waals surface area contributed by atoms with E-state index in [0.29, 0.717) is 22.9 Å². The van der Waals surface area contributed by atoms with Gasteiger partial charge in [0.1, 0.15) is 10.8 Å². The molecule has 0 fully saturated rings. The number of carbonyl (C=O) groups excluding carboxylic acids is 2. The van der Waals surface area contributed by atoms with Gasteiger partial charge in [0.05, 0.1) is 0 Å². The Bertz CT molecular complexity index is 680. The average Bonchev–Trinajstić information content (AvgIpc) is 3.01. The predicted molar refractivity (Wildman–Crippen MR) is 89.2 cm³/mol. The molecule has 2 aromatic rings. The minimum Gasteiger partial charge on any atom is -0.484 e. The molecule has 0 saturated heterocycles. The lowest BCUT2D eigenvalue weighted by atomic mass is 10.1. The molecule has 0 radical (unpaired) electrons. The summed E-state index contributed by atoms with van der Waals surface area (Å²) in [5, 5.41) is 11.9. The standard InChI is InChI=1S/C16H19N3O3S/c1-4-13(20)11-5-7-12(8-6-11)22-9-14(21)17-16-19-18-15(23-16)10(2)3/h5-8,10H,4,9H2,1-3H3,(H,17,19,21). The van der Waals surface area contributed by atoms with Gasteiger partial charge in [-0.1, -0.05) is 32.1 Å². The fourth-order valence-corrected chi connectivity index (χ4v) is 2.53. The number of anilines is 1. The zero-order valence-corrected chi connectivity index (χ0v) is 14.1. The van der Waals surface area contributed by atoms with Crippen LogP contribution < -0.4 is 10.1 Å². The van der Waals surface area contributed by atoms with E-state index in [1.165, 1.54) is 11.3 Å². The van der Waals surface area contributed by atoms with Crippen molar-refractivity contribution in [3.05, 3.63) is 34.8 Å². The Hall–Kier alpha value is -2.28. The third kappa shape index (κ3) is 4.85. The van der Waals surface area contributed by atoms with Crippen molar-refractivity contribution in [3.63, 3.8) is 0 Å². The summed E-state index contributed by atoms with van der Waals surface area (Å²) in [5.41, 5.74) is 0.638. The Morgan fingerprint density at radius 3 is 2.48 bits per heavy atom. The average molecular weight is 333 g/mol. The van der Waals surface area contributed by atoms with Crippen LogP contribution in [0.3, 0.4) is 0 Å². The molecule has 122 valence electrons. The largest absolute Gasteiger partial charge is 0.484 e. The van der Waals surface area contributed by atoms with Gasteiger partial charge in [-0.05, 0) is 24.3 Å². The topological polar surface area (TPSA) is 81.2 Å². The normalized spacial score (nSPS) is 10.6. The second-order valence-electron chi connectivity index (χ2n) is 5.24. The van der Waals surface area contributed by atoms with Gasteiger partial charge in [0.15, 0.2) is 12.4 Å². The van der Waals surface area contributed by atoms with E-state index >= 15 is 0 Å². The lowest BCUT2D eigenvalue weighted by Gasteiger charge is -2.06. The van der Waals surface area contributed by atoms with Gasteiger partial charge in [0, 0.05) is 17.9 Å². The van der Waals surface area contributed by atoms with Gasteiger partial charge in [0.2, 0.25) is 5.13 Å². The molecule has 0 atom stereocenters. The van der Waals surface area contributed by atoms with Crippen LogP contribution in [0.2, 0.25) is 0 Å². The van der Waals surface area contributed by atoms with Gasteiger partial charge in [-0.2, -0.15) is 0 Å². The molecule has 0 aliphatic rings.